The van der Waals surface area contributed by atoms with E-state index in [0.29, 0.717) is 28.5 Å². The van der Waals surface area contributed by atoms with Crippen LogP contribution in [0.1, 0.15) is 57.5 Å². The molecule has 41 heavy (non-hydrogen) atoms. The van der Waals surface area contributed by atoms with Crippen molar-refractivity contribution < 1.29 is 38.9 Å². The molecule has 0 spiro atoms. The molecule has 2 aromatic carbocycles. The molecule has 0 aliphatic carbocycles. The summed E-state index contributed by atoms with van der Waals surface area (Å²) in [6.45, 7) is 2.16. The van der Waals surface area contributed by atoms with Gasteiger partial charge in [0.1, 0.15) is 11.5 Å². The number of hydrogen-bond acceptors (Lipinski definition) is 9. The maximum atomic E-state index is 12.6. The van der Waals surface area contributed by atoms with Gasteiger partial charge in [0.2, 0.25) is 0 Å². The van der Waals surface area contributed by atoms with E-state index in [1.54, 1.807) is 20.3 Å². The molecule has 216 valence electrons. The Labute approximate surface area is 244 Å². The van der Waals surface area contributed by atoms with Crippen LogP contribution in [0.3, 0.4) is 0 Å². The number of thiophene rings is 2. The first kappa shape index (κ1) is 30.0. The Balaban J connectivity index is 1.43. The number of carboxylic acid groups (broad SMARTS) is 2. The molecule has 0 radical (unpaired) electrons. The van der Waals surface area contributed by atoms with E-state index in [2.05, 4.69) is 5.32 Å². The van der Waals surface area contributed by atoms with Crippen molar-refractivity contribution in [3.8, 4) is 11.5 Å². The van der Waals surface area contributed by atoms with Gasteiger partial charge in [-0.1, -0.05) is 6.92 Å². The van der Waals surface area contributed by atoms with Gasteiger partial charge in [-0.3, -0.25) is 19.2 Å². The van der Waals surface area contributed by atoms with E-state index in [4.69, 9.17) is 19.7 Å². The van der Waals surface area contributed by atoms with Crippen molar-refractivity contribution in [3.63, 3.8) is 0 Å². The first-order valence-electron chi connectivity index (χ1n) is 13.1. The van der Waals surface area contributed by atoms with Crippen LogP contribution in [0.4, 0.5) is 5.69 Å². The lowest BCUT2D eigenvalue weighted by molar-refractivity contribution is -0.141. The second-order valence-electron chi connectivity index (χ2n) is 9.73. The van der Waals surface area contributed by atoms with Gasteiger partial charge in [0.25, 0.3) is 0 Å². The number of anilines is 1. The van der Waals surface area contributed by atoms with E-state index < -0.39 is 17.9 Å². The van der Waals surface area contributed by atoms with E-state index in [0.717, 1.165) is 43.6 Å². The van der Waals surface area contributed by atoms with Gasteiger partial charge in [0.05, 0.1) is 42.0 Å². The predicted molar refractivity (Wildman–Crippen MR) is 161 cm³/mol. The van der Waals surface area contributed by atoms with Crippen LogP contribution in [0.25, 0.3) is 20.2 Å². The third kappa shape index (κ3) is 7.22. The minimum atomic E-state index is -0.993. The van der Waals surface area contributed by atoms with Crippen LogP contribution in [0.15, 0.2) is 36.4 Å². The molecule has 0 fully saturated rings. The number of aliphatic carboxylic acids is 2. The number of hydrogen-bond donors (Lipinski definition) is 3. The SMILES string of the molecule is COc1cc2sc(C(=O)CCC(=O)O)cc2cc1CCCNc1cc2cc(C(=O)CC(C)C(=O)O)sc2cc1OC. The van der Waals surface area contributed by atoms with Crippen LogP contribution in [-0.2, 0) is 16.0 Å². The van der Waals surface area contributed by atoms with E-state index >= 15 is 0 Å². The summed E-state index contributed by atoms with van der Waals surface area (Å²) in [7, 11) is 3.19. The van der Waals surface area contributed by atoms with Gasteiger partial charge in [-0.05, 0) is 59.5 Å². The molecule has 0 saturated carbocycles. The molecule has 2 aromatic heterocycles. The predicted octanol–water partition coefficient (Wildman–Crippen LogP) is 6.52. The highest BCUT2D eigenvalue weighted by Gasteiger charge is 2.20. The fourth-order valence-corrected chi connectivity index (χ4v) is 6.52. The third-order valence-corrected chi connectivity index (χ3v) is 9.00. The van der Waals surface area contributed by atoms with Crippen molar-refractivity contribution in [2.24, 2.45) is 5.92 Å². The van der Waals surface area contributed by atoms with Gasteiger partial charge in [0, 0.05) is 34.9 Å². The highest BCUT2D eigenvalue weighted by molar-refractivity contribution is 7.21. The van der Waals surface area contributed by atoms with E-state index in [1.807, 2.05) is 30.3 Å². The Morgan fingerprint density at radius 1 is 0.829 bits per heavy atom. The number of ether oxygens (including phenoxy) is 2. The molecule has 0 aliphatic rings. The largest absolute Gasteiger partial charge is 0.496 e. The number of ketones is 2. The number of aryl methyl sites for hydroxylation is 1. The monoisotopic (exact) mass is 597 g/mol. The molecular weight excluding hydrogens is 566 g/mol. The summed E-state index contributed by atoms with van der Waals surface area (Å²) in [6.07, 6.45) is 1.23. The number of benzene rings is 2. The lowest BCUT2D eigenvalue weighted by Gasteiger charge is -2.13. The Bertz CT molecular complexity index is 1620. The maximum Gasteiger partial charge on any atom is 0.306 e. The Morgan fingerprint density at radius 2 is 1.44 bits per heavy atom. The zero-order valence-corrected chi connectivity index (χ0v) is 24.6. The molecule has 1 atom stereocenters. The van der Waals surface area contributed by atoms with Crippen molar-refractivity contribution in [1.82, 2.24) is 0 Å². The molecule has 0 amide bonds. The fraction of sp³-hybridized carbons (Fsp3) is 0.333. The van der Waals surface area contributed by atoms with E-state index in [9.17, 15) is 19.2 Å². The van der Waals surface area contributed by atoms with Crippen molar-refractivity contribution in [3.05, 3.63) is 51.7 Å². The molecule has 2 heterocycles. The molecule has 0 bridgehead atoms. The second-order valence-corrected chi connectivity index (χ2v) is 11.9. The number of fused-ring (bicyclic) bond motifs is 2. The topological polar surface area (TPSA) is 139 Å². The zero-order chi connectivity index (χ0) is 29.7. The van der Waals surface area contributed by atoms with Gasteiger partial charge in [0.15, 0.2) is 11.6 Å². The average molecular weight is 598 g/mol. The first-order chi connectivity index (χ1) is 19.6. The van der Waals surface area contributed by atoms with Gasteiger partial charge in [-0.2, -0.15) is 0 Å². The number of rotatable bonds is 15. The van der Waals surface area contributed by atoms with Crippen LogP contribution in [0.5, 0.6) is 11.5 Å². The summed E-state index contributed by atoms with van der Waals surface area (Å²) in [6, 6.07) is 11.4. The van der Waals surface area contributed by atoms with E-state index in [1.165, 1.54) is 29.6 Å². The molecule has 1 unspecified atom stereocenters. The first-order valence-corrected chi connectivity index (χ1v) is 14.7. The number of carbonyl (C=O) groups is 4. The molecular formula is C30H31NO8S2. The zero-order valence-electron chi connectivity index (χ0n) is 22.9. The van der Waals surface area contributed by atoms with Crippen molar-refractivity contribution in [2.45, 2.75) is 39.0 Å². The molecule has 0 saturated heterocycles. The maximum absolute atomic E-state index is 12.6. The lowest BCUT2D eigenvalue weighted by Crippen LogP contribution is -2.13. The number of methoxy groups -OCH3 is 2. The summed E-state index contributed by atoms with van der Waals surface area (Å²) in [5.74, 6) is -1.72. The molecule has 3 N–H and O–H groups in total. The third-order valence-electron chi connectivity index (χ3n) is 6.72. The second kappa shape index (κ2) is 13.1. The number of Topliss-reactive ketones (excluding diaryl/α,β-unsaturated/α-hetero) is 2. The highest BCUT2D eigenvalue weighted by atomic mass is 32.1. The van der Waals surface area contributed by atoms with Crippen LogP contribution < -0.4 is 14.8 Å². The van der Waals surface area contributed by atoms with Gasteiger partial charge >= 0.3 is 11.9 Å². The molecule has 11 heteroatoms. The standard InChI is InChI=1S/C30H31NO8S2/c1-16(30(36)37)9-22(33)28-13-19-11-20(24(39-3)15-26(19)41-28)31-8-4-5-17-10-18-12-27(21(32)6-7-29(34)35)40-25(18)14-23(17)38-2/h10-16,31H,4-9H2,1-3H3,(H,34,35)(H,36,37). The number of nitrogens with one attached hydrogen (secondary N) is 1. The number of carbonyl (C=O) groups excluding carboxylic acids is 2. The Morgan fingerprint density at radius 3 is 2.05 bits per heavy atom. The Kier molecular flexibility index (Phi) is 9.61. The Hall–Kier alpha value is -3.96. The van der Waals surface area contributed by atoms with Crippen LogP contribution in [0, 0.1) is 5.92 Å². The smallest absolute Gasteiger partial charge is 0.306 e. The van der Waals surface area contributed by atoms with Crippen LogP contribution in [-0.4, -0.2) is 54.5 Å². The number of carboxylic acids is 2. The summed E-state index contributed by atoms with van der Waals surface area (Å²) in [4.78, 5) is 48.0. The van der Waals surface area contributed by atoms with Crippen molar-refractivity contribution in [1.29, 1.82) is 0 Å². The quantitative estimate of drug-likeness (QED) is 0.103. The van der Waals surface area contributed by atoms with Crippen LogP contribution in [0.2, 0.25) is 0 Å². The summed E-state index contributed by atoms with van der Waals surface area (Å²) in [5.41, 5.74) is 1.79. The highest BCUT2D eigenvalue weighted by Crippen LogP contribution is 2.36. The minimum absolute atomic E-state index is 0.0278. The molecule has 4 rings (SSSR count). The van der Waals surface area contributed by atoms with E-state index in [-0.39, 0.29) is 30.8 Å². The van der Waals surface area contributed by atoms with Gasteiger partial charge < -0.3 is 25.0 Å². The van der Waals surface area contributed by atoms with Crippen LogP contribution >= 0.6 is 22.7 Å². The van der Waals surface area contributed by atoms with Gasteiger partial charge in [-0.25, -0.2) is 0 Å². The molecule has 9 nitrogen and oxygen atoms in total. The average Bonchev–Trinajstić information content (AvgIpc) is 3.56. The summed E-state index contributed by atoms with van der Waals surface area (Å²) < 4.78 is 13.0. The fourth-order valence-electron chi connectivity index (χ4n) is 4.46. The normalized spacial score (nSPS) is 11.9. The minimum Gasteiger partial charge on any atom is -0.496 e. The molecule has 0 aliphatic heterocycles. The summed E-state index contributed by atoms with van der Waals surface area (Å²) >= 11 is 2.66. The summed E-state index contributed by atoms with van der Waals surface area (Å²) in [5, 5.41) is 23.2. The van der Waals surface area contributed by atoms with Crippen molar-refractivity contribution >= 4 is 72.0 Å². The molecule has 4 aromatic rings. The van der Waals surface area contributed by atoms with Crippen molar-refractivity contribution in [2.75, 3.05) is 26.1 Å². The lowest BCUT2D eigenvalue weighted by atomic mass is 10.0. The van der Waals surface area contributed by atoms with Gasteiger partial charge in [-0.15, -0.1) is 22.7 Å².